The average Bonchev–Trinajstić information content (AvgIpc) is 2.85. The lowest BCUT2D eigenvalue weighted by atomic mass is 9.53. The van der Waals surface area contributed by atoms with E-state index in [2.05, 4.69) is 15.0 Å². The lowest BCUT2D eigenvalue weighted by molar-refractivity contribution is -0.0168. The Morgan fingerprint density at radius 3 is 2.24 bits per heavy atom. The lowest BCUT2D eigenvalue weighted by Crippen LogP contribution is -2.59. The van der Waals surface area contributed by atoms with Crippen LogP contribution in [0.15, 0.2) is 10.6 Å². The molecule has 0 saturated heterocycles. The number of carbonyl (C=O) groups is 2. The first-order chi connectivity index (χ1) is 10.0. The Balaban J connectivity index is 1.52. The van der Waals surface area contributed by atoms with Gasteiger partial charge in [0.2, 0.25) is 5.76 Å². The topological polar surface area (TPSA) is 92.4 Å². The molecule has 4 fully saturated rings. The van der Waals surface area contributed by atoms with Crippen molar-refractivity contribution in [2.24, 2.45) is 17.8 Å². The summed E-state index contributed by atoms with van der Waals surface area (Å²) >= 11 is 0. The maximum atomic E-state index is 12.3. The fraction of sp³-hybridized carbons (Fsp3) is 0.667. The van der Waals surface area contributed by atoms with Crippen LogP contribution in [0.5, 0.6) is 0 Å². The van der Waals surface area contributed by atoms with E-state index in [9.17, 15) is 9.59 Å². The summed E-state index contributed by atoms with van der Waals surface area (Å²) in [4.78, 5) is 23.1. The van der Waals surface area contributed by atoms with Crippen LogP contribution in [-0.2, 0) is 0 Å². The predicted molar refractivity (Wildman–Crippen MR) is 71.8 cm³/mol. The van der Waals surface area contributed by atoms with Gasteiger partial charge in [-0.05, 0) is 56.3 Å². The van der Waals surface area contributed by atoms with Crippen molar-refractivity contribution in [3.63, 3.8) is 0 Å². The molecule has 0 atom stereocenters. The van der Waals surface area contributed by atoms with Gasteiger partial charge in [-0.3, -0.25) is 4.79 Å². The smallest absolute Gasteiger partial charge is 0.374 e. The zero-order chi connectivity index (χ0) is 14.6. The van der Waals surface area contributed by atoms with E-state index in [1.165, 1.54) is 25.3 Å². The molecule has 6 nitrogen and oxygen atoms in total. The van der Waals surface area contributed by atoms with Gasteiger partial charge >= 0.3 is 5.97 Å². The Hall–Kier alpha value is -1.85. The Bertz CT molecular complexity index is 571. The Labute approximate surface area is 121 Å². The third-order valence-electron chi connectivity index (χ3n) is 5.37. The van der Waals surface area contributed by atoms with E-state index in [0.29, 0.717) is 0 Å². The van der Waals surface area contributed by atoms with E-state index in [4.69, 9.17) is 5.11 Å². The fourth-order valence-electron chi connectivity index (χ4n) is 5.05. The number of hydrogen-bond donors (Lipinski definition) is 2. The van der Waals surface area contributed by atoms with Crippen LogP contribution < -0.4 is 5.32 Å². The normalized spacial score (nSPS) is 36.7. The first-order valence-corrected chi connectivity index (χ1v) is 7.55. The van der Waals surface area contributed by atoms with Gasteiger partial charge in [-0.1, -0.05) is 5.16 Å². The molecule has 0 spiro atoms. The standard InChI is InChI=1S/C15H18N2O4/c18-13(11-4-12(14(19)20)21-17-11)16-15-5-8-1-9(6-15)3-10(2-8)7-15/h4,8-10H,1-3,5-7H2,(H,16,18)(H,19,20). The average molecular weight is 290 g/mol. The number of amides is 1. The van der Waals surface area contributed by atoms with Gasteiger partial charge < -0.3 is 14.9 Å². The van der Waals surface area contributed by atoms with E-state index in [-0.39, 0.29) is 22.9 Å². The monoisotopic (exact) mass is 290 g/mol. The number of nitrogens with one attached hydrogen (secondary N) is 1. The van der Waals surface area contributed by atoms with Crippen LogP contribution in [0.3, 0.4) is 0 Å². The quantitative estimate of drug-likeness (QED) is 0.889. The van der Waals surface area contributed by atoms with Crippen LogP contribution >= 0.6 is 0 Å². The maximum Gasteiger partial charge on any atom is 0.374 e. The van der Waals surface area contributed by atoms with Crippen molar-refractivity contribution in [2.75, 3.05) is 0 Å². The van der Waals surface area contributed by atoms with Gasteiger partial charge in [0.25, 0.3) is 5.91 Å². The van der Waals surface area contributed by atoms with E-state index in [1.807, 2.05) is 0 Å². The van der Waals surface area contributed by atoms with Crippen LogP contribution in [0.4, 0.5) is 0 Å². The minimum absolute atomic E-state index is 0.0585. The first kappa shape index (κ1) is 12.9. The van der Waals surface area contributed by atoms with Gasteiger partial charge in [0.1, 0.15) is 0 Å². The molecule has 0 aromatic carbocycles. The Kier molecular flexibility index (Phi) is 2.65. The molecular weight excluding hydrogens is 272 g/mol. The molecular formula is C15H18N2O4. The first-order valence-electron chi connectivity index (χ1n) is 7.55. The van der Waals surface area contributed by atoms with E-state index < -0.39 is 5.97 Å². The minimum atomic E-state index is -1.21. The molecule has 0 unspecified atom stereocenters. The number of rotatable bonds is 3. The van der Waals surface area contributed by atoms with Crippen molar-refractivity contribution in [3.05, 3.63) is 17.5 Å². The highest BCUT2D eigenvalue weighted by Gasteiger charge is 2.51. The van der Waals surface area contributed by atoms with Gasteiger partial charge in [0.15, 0.2) is 5.69 Å². The minimum Gasteiger partial charge on any atom is -0.475 e. The van der Waals surface area contributed by atoms with Gasteiger partial charge in [-0.25, -0.2) is 4.79 Å². The highest BCUT2D eigenvalue weighted by molar-refractivity contribution is 5.95. The molecule has 2 N–H and O–H groups in total. The fourth-order valence-corrected chi connectivity index (χ4v) is 5.05. The molecule has 4 aliphatic carbocycles. The third-order valence-corrected chi connectivity index (χ3v) is 5.37. The molecule has 4 saturated carbocycles. The second kappa shape index (κ2) is 4.32. The zero-order valence-corrected chi connectivity index (χ0v) is 11.7. The third kappa shape index (κ3) is 2.13. The summed E-state index contributed by atoms with van der Waals surface area (Å²) in [7, 11) is 0. The van der Waals surface area contributed by atoms with Crippen molar-refractivity contribution >= 4 is 11.9 Å². The van der Waals surface area contributed by atoms with Crippen molar-refractivity contribution in [1.82, 2.24) is 10.5 Å². The molecule has 4 aliphatic rings. The molecule has 1 aromatic heterocycles. The summed E-state index contributed by atoms with van der Waals surface area (Å²) in [6, 6.07) is 1.19. The van der Waals surface area contributed by atoms with Gasteiger partial charge in [0.05, 0.1) is 0 Å². The van der Waals surface area contributed by atoms with E-state index in [1.54, 1.807) is 0 Å². The summed E-state index contributed by atoms with van der Waals surface area (Å²) in [6.07, 6.45) is 7.07. The van der Waals surface area contributed by atoms with Crippen molar-refractivity contribution in [3.8, 4) is 0 Å². The second-order valence-electron chi connectivity index (χ2n) is 7.03. The molecule has 4 bridgehead atoms. The van der Waals surface area contributed by atoms with Gasteiger partial charge in [0, 0.05) is 11.6 Å². The van der Waals surface area contributed by atoms with Gasteiger partial charge in [-0.15, -0.1) is 0 Å². The van der Waals surface area contributed by atoms with Crippen LogP contribution in [0.2, 0.25) is 0 Å². The molecule has 0 aliphatic heterocycles. The van der Waals surface area contributed by atoms with E-state index >= 15 is 0 Å². The highest BCUT2D eigenvalue weighted by atomic mass is 16.5. The molecule has 0 radical (unpaired) electrons. The molecule has 1 heterocycles. The number of aromatic carboxylic acids is 1. The van der Waals surface area contributed by atoms with Crippen molar-refractivity contribution in [1.29, 1.82) is 0 Å². The number of carboxylic acids is 1. The van der Waals surface area contributed by atoms with Crippen LogP contribution in [-0.4, -0.2) is 27.7 Å². The number of hydrogen-bond acceptors (Lipinski definition) is 4. The summed E-state index contributed by atoms with van der Waals surface area (Å²) in [6.45, 7) is 0. The number of carboxylic acid groups (broad SMARTS) is 1. The van der Waals surface area contributed by atoms with Gasteiger partial charge in [-0.2, -0.15) is 0 Å². The van der Waals surface area contributed by atoms with Crippen LogP contribution in [0.25, 0.3) is 0 Å². The SMILES string of the molecule is O=C(NC12CC3CC(CC(C3)C1)C2)c1cc(C(=O)O)on1. The molecule has 6 heteroatoms. The van der Waals surface area contributed by atoms with E-state index in [0.717, 1.165) is 37.0 Å². The molecule has 112 valence electrons. The van der Waals surface area contributed by atoms with Crippen molar-refractivity contribution < 1.29 is 19.2 Å². The predicted octanol–water partition coefficient (Wildman–Crippen LogP) is 2.07. The zero-order valence-electron chi connectivity index (χ0n) is 11.7. The summed E-state index contributed by atoms with van der Waals surface area (Å²) < 4.78 is 4.66. The Morgan fingerprint density at radius 2 is 1.76 bits per heavy atom. The number of nitrogens with zero attached hydrogens (tertiary/aromatic N) is 1. The summed E-state index contributed by atoms with van der Waals surface area (Å²) in [5.41, 5.74) is -0.0445. The van der Waals surface area contributed by atoms with Crippen LogP contribution in [0.1, 0.15) is 59.6 Å². The molecule has 5 rings (SSSR count). The molecule has 1 aromatic rings. The highest BCUT2D eigenvalue weighted by Crippen LogP contribution is 2.55. The second-order valence-corrected chi connectivity index (χ2v) is 7.03. The lowest BCUT2D eigenvalue weighted by Gasteiger charge is -2.56. The maximum absolute atomic E-state index is 12.3. The summed E-state index contributed by atoms with van der Waals surface area (Å²) in [5, 5.41) is 15.5. The largest absolute Gasteiger partial charge is 0.475 e. The molecule has 1 amide bonds. The van der Waals surface area contributed by atoms with Crippen molar-refractivity contribution in [2.45, 2.75) is 44.1 Å². The van der Waals surface area contributed by atoms with Crippen LogP contribution in [0, 0.1) is 17.8 Å². The Morgan fingerprint density at radius 1 is 1.19 bits per heavy atom. The number of aromatic nitrogens is 1. The molecule has 21 heavy (non-hydrogen) atoms. The summed E-state index contributed by atoms with van der Waals surface area (Å²) in [5.74, 6) is 0.394. The number of carbonyl (C=O) groups excluding carboxylic acids is 1.